The van der Waals surface area contributed by atoms with Gasteiger partial charge in [-0.05, 0) is 49.1 Å². The van der Waals surface area contributed by atoms with Crippen molar-refractivity contribution in [3.8, 4) is 5.75 Å². The lowest BCUT2D eigenvalue weighted by Gasteiger charge is -2.11. The van der Waals surface area contributed by atoms with Gasteiger partial charge in [0.15, 0.2) is 4.34 Å². The number of thioether (sulfide) groups is 1. The molecule has 1 unspecified atom stereocenters. The highest BCUT2D eigenvalue weighted by molar-refractivity contribution is 8.02. The first-order valence-electron chi connectivity index (χ1n) is 8.62. The van der Waals surface area contributed by atoms with Gasteiger partial charge < -0.3 is 15.4 Å². The number of alkyl halides is 2. The minimum atomic E-state index is -2.88. The molecule has 2 heterocycles. The lowest BCUT2D eigenvalue weighted by Crippen LogP contribution is -2.22. The van der Waals surface area contributed by atoms with Gasteiger partial charge in [-0.25, -0.2) is 0 Å². The summed E-state index contributed by atoms with van der Waals surface area (Å²) in [5.41, 5.74) is 0.497. The number of halogens is 2. The molecule has 3 rings (SSSR count). The molecule has 3 aromatic rings. The molecule has 154 valence electrons. The Labute approximate surface area is 178 Å². The highest BCUT2D eigenvalue weighted by Gasteiger charge is 2.17. The third-order valence-electron chi connectivity index (χ3n) is 3.63. The summed E-state index contributed by atoms with van der Waals surface area (Å²) in [7, 11) is 0. The van der Waals surface area contributed by atoms with Crippen LogP contribution < -0.4 is 15.4 Å². The Kier molecular flexibility index (Phi) is 7.78. The SMILES string of the molecule is CC(Sc1nnc(NCCc2cccs2)s1)C(=O)Nc1ccc(OC(F)F)cc1. The molecule has 0 spiro atoms. The quantitative estimate of drug-likeness (QED) is 0.419. The number of carbonyl (C=O) groups excluding carboxylic acids is 1. The standard InChI is InChI=1S/C18H18F2N4O2S3/c1-11(15(25)22-12-4-6-13(7-5-12)26-16(19)20)28-18-24-23-17(29-18)21-9-8-14-3-2-10-27-14/h2-7,10-11,16H,8-9H2,1H3,(H,21,23)(H,22,25). The van der Waals surface area contributed by atoms with E-state index in [0.717, 1.165) is 13.0 Å². The van der Waals surface area contributed by atoms with E-state index < -0.39 is 11.9 Å². The number of thiophene rings is 1. The number of nitrogens with zero attached hydrogens (tertiary/aromatic N) is 2. The number of ether oxygens (including phenoxy) is 1. The first-order chi connectivity index (χ1) is 14.0. The number of rotatable bonds is 10. The van der Waals surface area contributed by atoms with Crippen molar-refractivity contribution in [2.75, 3.05) is 17.2 Å². The summed E-state index contributed by atoms with van der Waals surface area (Å²) in [4.78, 5) is 13.7. The Morgan fingerprint density at radius 2 is 2.03 bits per heavy atom. The molecule has 0 aliphatic heterocycles. The van der Waals surface area contributed by atoms with Crippen LogP contribution in [-0.2, 0) is 11.2 Å². The first-order valence-corrected chi connectivity index (χ1v) is 11.2. The van der Waals surface area contributed by atoms with Crippen molar-refractivity contribution in [1.29, 1.82) is 0 Å². The number of aromatic nitrogens is 2. The van der Waals surface area contributed by atoms with Gasteiger partial charge in [0.25, 0.3) is 0 Å². The molecule has 0 saturated carbocycles. The maximum Gasteiger partial charge on any atom is 0.387 e. The van der Waals surface area contributed by atoms with E-state index in [2.05, 4.69) is 31.6 Å². The van der Waals surface area contributed by atoms with Gasteiger partial charge in [0.05, 0.1) is 5.25 Å². The van der Waals surface area contributed by atoms with Crippen molar-refractivity contribution >= 4 is 51.2 Å². The Balaban J connectivity index is 1.45. The third-order valence-corrected chi connectivity index (χ3v) is 6.63. The molecule has 0 bridgehead atoms. The van der Waals surface area contributed by atoms with E-state index in [9.17, 15) is 13.6 Å². The van der Waals surface area contributed by atoms with Gasteiger partial charge in [-0.1, -0.05) is 29.2 Å². The second-order valence-electron chi connectivity index (χ2n) is 5.78. The van der Waals surface area contributed by atoms with Crippen molar-refractivity contribution in [1.82, 2.24) is 10.2 Å². The summed E-state index contributed by atoms with van der Waals surface area (Å²) in [6, 6.07) is 9.88. The Hall–Kier alpha value is -2.24. The van der Waals surface area contributed by atoms with Gasteiger partial charge in [0.1, 0.15) is 5.75 Å². The van der Waals surface area contributed by atoms with Crippen molar-refractivity contribution in [3.63, 3.8) is 0 Å². The molecular weight excluding hydrogens is 438 g/mol. The van der Waals surface area contributed by atoms with Crippen LogP contribution in [0.25, 0.3) is 0 Å². The Morgan fingerprint density at radius 3 is 2.72 bits per heavy atom. The second kappa shape index (κ2) is 10.5. The van der Waals surface area contributed by atoms with E-state index in [0.29, 0.717) is 15.2 Å². The lowest BCUT2D eigenvalue weighted by molar-refractivity contribution is -0.115. The number of hydrogen-bond donors (Lipinski definition) is 2. The summed E-state index contributed by atoms with van der Waals surface area (Å²) >= 11 is 4.42. The molecule has 0 aliphatic carbocycles. The Morgan fingerprint density at radius 1 is 1.24 bits per heavy atom. The third kappa shape index (κ3) is 6.94. The summed E-state index contributed by atoms with van der Waals surface area (Å²) < 4.78 is 29.3. The molecule has 29 heavy (non-hydrogen) atoms. The Bertz CT molecular complexity index is 904. The second-order valence-corrected chi connectivity index (χ2v) is 9.38. The zero-order valence-electron chi connectivity index (χ0n) is 15.3. The van der Waals surface area contributed by atoms with Gasteiger partial charge in [0, 0.05) is 17.1 Å². The van der Waals surface area contributed by atoms with Gasteiger partial charge >= 0.3 is 6.61 Å². The van der Waals surface area contributed by atoms with Crippen LogP contribution in [-0.4, -0.2) is 34.5 Å². The van der Waals surface area contributed by atoms with Crippen LogP contribution >= 0.6 is 34.4 Å². The van der Waals surface area contributed by atoms with Crippen molar-refractivity contribution in [2.45, 2.75) is 29.5 Å². The predicted molar refractivity (Wildman–Crippen MR) is 113 cm³/mol. The molecule has 1 aromatic carbocycles. The number of amides is 1. The first kappa shape index (κ1) is 21.5. The number of nitrogens with one attached hydrogen (secondary N) is 2. The van der Waals surface area contributed by atoms with E-state index in [-0.39, 0.29) is 11.7 Å². The van der Waals surface area contributed by atoms with Crippen LogP contribution in [0.2, 0.25) is 0 Å². The molecule has 0 radical (unpaired) electrons. The topological polar surface area (TPSA) is 76.1 Å². The number of carbonyl (C=O) groups is 1. The summed E-state index contributed by atoms with van der Waals surface area (Å²) in [5, 5.41) is 16.5. The molecule has 0 fully saturated rings. The molecule has 2 N–H and O–H groups in total. The highest BCUT2D eigenvalue weighted by atomic mass is 32.2. The molecule has 6 nitrogen and oxygen atoms in total. The van der Waals surface area contributed by atoms with Crippen LogP contribution in [0.5, 0.6) is 5.75 Å². The molecular formula is C18H18F2N4O2S3. The molecule has 2 aromatic heterocycles. The number of anilines is 2. The van der Waals surface area contributed by atoms with Crippen molar-refractivity contribution < 1.29 is 18.3 Å². The molecule has 0 saturated heterocycles. The monoisotopic (exact) mass is 456 g/mol. The molecule has 1 amide bonds. The van der Waals surface area contributed by atoms with Crippen molar-refractivity contribution in [3.05, 3.63) is 46.7 Å². The van der Waals surface area contributed by atoms with E-state index in [4.69, 9.17) is 0 Å². The van der Waals surface area contributed by atoms with Gasteiger partial charge in [0.2, 0.25) is 11.0 Å². The fourth-order valence-corrected chi connectivity index (χ4v) is 4.88. The van der Waals surface area contributed by atoms with Crippen LogP contribution in [0.3, 0.4) is 0 Å². The van der Waals surface area contributed by atoms with Gasteiger partial charge in [-0.15, -0.1) is 21.5 Å². The molecule has 11 heteroatoms. The molecule has 1 atom stereocenters. The van der Waals surface area contributed by atoms with E-state index in [1.165, 1.54) is 52.2 Å². The van der Waals surface area contributed by atoms with Crippen LogP contribution in [0.1, 0.15) is 11.8 Å². The van der Waals surface area contributed by atoms with E-state index >= 15 is 0 Å². The van der Waals surface area contributed by atoms with Gasteiger partial charge in [-0.2, -0.15) is 8.78 Å². The predicted octanol–water partition coefficient (Wildman–Crippen LogP) is 4.97. The van der Waals surface area contributed by atoms with Crippen molar-refractivity contribution in [2.24, 2.45) is 0 Å². The zero-order chi connectivity index (χ0) is 20.6. The minimum Gasteiger partial charge on any atom is -0.435 e. The smallest absolute Gasteiger partial charge is 0.387 e. The summed E-state index contributed by atoms with van der Waals surface area (Å²) in [6.07, 6.45) is 0.916. The van der Waals surface area contributed by atoms with Gasteiger partial charge in [-0.3, -0.25) is 4.79 Å². The number of benzene rings is 1. The van der Waals surface area contributed by atoms with Crippen LogP contribution in [0.4, 0.5) is 19.6 Å². The normalized spacial score (nSPS) is 12.0. The largest absolute Gasteiger partial charge is 0.435 e. The van der Waals surface area contributed by atoms with E-state index in [1.807, 2.05) is 11.4 Å². The van der Waals surface area contributed by atoms with E-state index in [1.54, 1.807) is 18.3 Å². The average Bonchev–Trinajstić information content (AvgIpc) is 3.35. The minimum absolute atomic E-state index is 0.0355. The fourth-order valence-electron chi connectivity index (χ4n) is 2.24. The highest BCUT2D eigenvalue weighted by Crippen LogP contribution is 2.29. The number of hydrogen-bond acceptors (Lipinski definition) is 8. The maximum absolute atomic E-state index is 12.3. The zero-order valence-corrected chi connectivity index (χ0v) is 17.8. The summed E-state index contributed by atoms with van der Waals surface area (Å²) in [5.74, 6) is -0.187. The lowest BCUT2D eigenvalue weighted by atomic mass is 10.3. The maximum atomic E-state index is 12.3. The van der Waals surface area contributed by atoms with Crippen LogP contribution in [0.15, 0.2) is 46.1 Å². The van der Waals surface area contributed by atoms with Crippen LogP contribution in [0, 0.1) is 0 Å². The fraction of sp³-hybridized carbons (Fsp3) is 0.278. The molecule has 0 aliphatic rings. The summed E-state index contributed by atoms with van der Waals surface area (Å²) in [6.45, 7) is -0.352. The average molecular weight is 457 g/mol.